The number of ether oxygens (including phenoxy) is 1. The van der Waals surface area contributed by atoms with Crippen LogP contribution in [0.5, 0.6) is 5.75 Å². The fraction of sp³-hybridized carbons (Fsp3) is 0.400. The van der Waals surface area contributed by atoms with Gasteiger partial charge in [0, 0.05) is 0 Å². The van der Waals surface area contributed by atoms with Gasteiger partial charge < -0.3 is 4.74 Å². The molecule has 0 N–H and O–H groups in total. The average molecular weight is 261 g/mol. The van der Waals surface area contributed by atoms with Crippen LogP contribution in [0, 0.1) is 0 Å². The van der Waals surface area contributed by atoms with E-state index in [0.29, 0.717) is 0 Å². The van der Waals surface area contributed by atoms with E-state index in [1.807, 2.05) is 36.0 Å². The van der Waals surface area contributed by atoms with Crippen molar-refractivity contribution in [2.75, 3.05) is 18.6 Å². The van der Waals surface area contributed by atoms with Crippen molar-refractivity contribution in [2.24, 2.45) is 0 Å². The maximum absolute atomic E-state index is 5.58. The molecule has 0 radical (unpaired) electrons. The first-order valence-electron chi connectivity index (χ1n) is 4.21. The molecule has 0 saturated heterocycles. The average Bonchev–Trinajstić information content (AvgIpc) is 2.15. The summed E-state index contributed by atoms with van der Waals surface area (Å²) in [5.74, 6) is 2.09. The minimum atomic E-state index is 0.795. The standard InChI is InChI=1S/C10H13BrOS/c1-13-8-4-7-12-10-6-3-2-5-9(10)11/h2-3,5-6H,4,7-8H2,1H3. The predicted octanol–water partition coefficient (Wildman–Crippen LogP) is 3.58. The Morgan fingerprint density at radius 2 is 2.15 bits per heavy atom. The molecule has 0 amide bonds. The first-order chi connectivity index (χ1) is 6.34. The Morgan fingerprint density at radius 3 is 2.85 bits per heavy atom. The molecule has 0 heterocycles. The van der Waals surface area contributed by atoms with Crippen molar-refractivity contribution >= 4 is 27.7 Å². The van der Waals surface area contributed by atoms with Gasteiger partial charge >= 0.3 is 0 Å². The highest BCUT2D eigenvalue weighted by Crippen LogP contribution is 2.23. The summed E-state index contributed by atoms with van der Waals surface area (Å²) >= 11 is 5.28. The van der Waals surface area contributed by atoms with Crippen molar-refractivity contribution in [3.63, 3.8) is 0 Å². The predicted molar refractivity (Wildman–Crippen MR) is 62.6 cm³/mol. The Bertz CT molecular complexity index is 252. The van der Waals surface area contributed by atoms with Gasteiger partial charge in [-0.05, 0) is 46.5 Å². The molecule has 0 bridgehead atoms. The van der Waals surface area contributed by atoms with E-state index in [-0.39, 0.29) is 0 Å². The summed E-state index contributed by atoms with van der Waals surface area (Å²) in [7, 11) is 0. The summed E-state index contributed by atoms with van der Waals surface area (Å²) in [4.78, 5) is 0. The number of hydrogen-bond donors (Lipinski definition) is 0. The molecule has 1 rings (SSSR count). The SMILES string of the molecule is CSCCCOc1ccccc1Br. The molecule has 1 nitrogen and oxygen atoms in total. The molecule has 0 saturated carbocycles. The topological polar surface area (TPSA) is 9.23 Å². The van der Waals surface area contributed by atoms with Crippen LogP contribution in [0.3, 0.4) is 0 Å². The van der Waals surface area contributed by atoms with Crippen LogP contribution in [0.1, 0.15) is 6.42 Å². The fourth-order valence-corrected chi connectivity index (χ4v) is 1.75. The summed E-state index contributed by atoms with van der Waals surface area (Å²) in [6, 6.07) is 7.93. The lowest BCUT2D eigenvalue weighted by Crippen LogP contribution is -1.98. The Hall–Kier alpha value is -0.150. The molecule has 0 aromatic heterocycles. The number of halogens is 1. The molecular weight excluding hydrogens is 248 g/mol. The lowest BCUT2D eigenvalue weighted by molar-refractivity contribution is 0.317. The minimum absolute atomic E-state index is 0.795. The highest BCUT2D eigenvalue weighted by atomic mass is 79.9. The second-order valence-corrected chi connectivity index (χ2v) is 4.47. The van der Waals surface area contributed by atoms with Gasteiger partial charge in [-0.25, -0.2) is 0 Å². The second kappa shape index (κ2) is 6.33. The molecule has 13 heavy (non-hydrogen) atoms. The Balaban J connectivity index is 2.32. The van der Waals surface area contributed by atoms with Crippen molar-refractivity contribution in [3.8, 4) is 5.75 Å². The van der Waals surface area contributed by atoms with E-state index in [1.54, 1.807) is 0 Å². The van der Waals surface area contributed by atoms with Gasteiger partial charge in [0.05, 0.1) is 11.1 Å². The molecule has 3 heteroatoms. The van der Waals surface area contributed by atoms with Crippen molar-refractivity contribution in [3.05, 3.63) is 28.7 Å². The molecule has 0 atom stereocenters. The minimum Gasteiger partial charge on any atom is -0.492 e. The molecule has 72 valence electrons. The molecule has 0 aliphatic heterocycles. The zero-order chi connectivity index (χ0) is 9.52. The van der Waals surface area contributed by atoms with Gasteiger partial charge in [-0.15, -0.1) is 0 Å². The van der Waals surface area contributed by atoms with Crippen molar-refractivity contribution in [2.45, 2.75) is 6.42 Å². The van der Waals surface area contributed by atoms with E-state index in [4.69, 9.17) is 4.74 Å². The van der Waals surface area contributed by atoms with Crippen LogP contribution >= 0.6 is 27.7 Å². The lowest BCUT2D eigenvalue weighted by Gasteiger charge is -2.06. The van der Waals surface area contributed by atoms with Gasteiger partial charge in [0.25, 0.3) is 0 Å². The van der Waals surface area contributed by atoms with Crippen molar-refractivity contribution < 1.29 is 4.74 Å². The zero-order valence-electron chi connectivity index (χ0n) is 7.63. The molecule has 1 aromatic rings. The van der Waals surface area contributed by atoms with Crippen LogP contribution in [0.4, 0.5) is 0 Å². The number of hydrogen-bond acceptors (Lipinski definition) is 2. The Labute approximate surface area is 92.0 Å². The second-order valence-electron chi connectivity index (χ2n) is 2.63. The highest BCUT2D eigenvalue weighted by molar-refractivity contribution is 9.10. The quantitative estimate of drug-likeness (QED) is 0.749. The van der Waals surface area contributed by atoms with E-state index in [1.165, 1.54) is 0 Å². The lowest BCUT2D eigenvalue weighted by atomic mass is 10.3. The van der Waals surface area contributed by atoms with Crippen LogP contribution in [0.15, 0.2) is 28.7 Å². The third kappa shape index (κ3) is 4.05. The maximum atomic E-state index is 5.58. The molecule has 0 fully saturated rings. The summed E-state index contributed by atoms with van der Waals surface area (Å²) in [6.45, 7) is 0.795. The number of rotatable bonds is 5. The maximum Gasteiger partial charge on any atom is 0.133 e. The van der Waals surface area contributed by atoms with E-state index in [9.17, 15) is 0 Å². The van der Waals surface area contributed by atoms with E-state index in [0.717, 1.165) is 29.0 Å². The molecule has 0 aliphatic carbocycles. The van der Waals surface area contributed by atoms with Crippen molar-refractivity contribution in [1.82, 2.24) is 0 Å². The third-order valence-electron chi connectivity index (χ3n) is 1.59. The monoisotopic (exact) mass is 260 g/mol. The smallest absolute Gasteiger partial charge is 0.133 e. The summed E-state index contributed by atoms with van der Waals surface area (Å²) < 4.78 is 6.61. The first-order valence-corrected chi connectivity index (χ1v) is 6.39. The van der Waals surface area contributed by atoms with Crippen molar-refractivity contribution in [1.29, 1.82) is 0 Å². The Morgan fingerprint density at radius 1 is 1.38 bits per heavy atom. The van der Waals surface area contributed by atoms with Crippen LogP contribution in [0.2, 0.25) is 0 Å². The van der Waals surface area contributed by atoms with E-state index >= 15 is 0 Å². The van der Waals surface area contributed by atoms with Gasteiger partial charge in [-0.3, -0.25) is 0 Å². The summed E-state index contributed by atoms with van der Waals surface area (Å²) in [5.41, 5.74) is 0. The first kappa shape index (κ1) is 10.9. The molecule has 0 spiro atoms. The fourth-order valence-electron chi connectivity index (χ4n) is 0.947. The largest absolute Gasteiger partial charge is 0.492 e. The molecule has 0 aliphatic rings. The van der Waals surface area contributed by atoms with Gasteiger partial charge in [0.15, 0.2) is 0 Å². The zero-order valence-corrected chi connectivity index (χ0v) is 10.0. The van der Waals surface area contributed by atoms with E-state index < -0.39 is 0 Å². The summed E-state index contributed by atoms with van der Waals surface area (Å²) in [6.07, 6.45) is 3.21. The van der Waals surface area contributed by atoms with Gasteiger partial charge in [-0.2, -0.15) is 11.8 Å². The Kier molecular flexibility index (Phi) is 5.32. The number of thioether (sulfide) groups is 1. The van der Waals surface area contributed by atoms with Crippen LogP contribution < -0.4 is 4.74 Å². The summed E-state index contributed by atoms with van der Waals surface area (Å²) in [5, 5.41) is 0. The normalized spacial score (nSPS) is 10.0. The molecular formula is C10H13BrOS. The molecule has 0 unspecified atom stereocenters. The van der Waals surface area contributed by atoms with Gasteiger partial charge in [0.2, 0.25) is 0 Å². The molecule has 1 aromatic carbocycles. The van der Waals surface area contributed by atoms with E-state index in [2.05, 4.69) is 22.2 Å². The van der Waals surface area contributed by atoms with Crippen LogP contribution in [0.25, 0.3) is 0 Å². The number of para-hydroxylation sites is 1. The van der Waals surface area contributed by atoms with Crippen LogP contribution in [-0.4, -0.2) is 18.6 Å². The van der Waals surface area contributed by atoms with Gasteiger partial charge in [0.1, 0.15) is 5.75 Å². The highest BCUT2D eigenvalue weighted by Gasteiger charge is 1.97. The number of benzene rings is 1. The van der Waals surface area contributed by atoms with Gasteiger partial charge in [-0.1, -0.05) is 12.1 Å². The third-order valence-corrected chi connectivity index (χ3v) is 2.94. The van der Waals surface area contributed by atoms with Crippen LogP contribution in [-0.2, 0) is 0 Å².